The Labute approximate surface area is 303 Å². The highest BCUT2D eigenvalue weighted by Crippen LogP contribution is 2.42. The molecule has 0 amide bonds. The molecule has 0 atom stereocenters. The molecule has 7 aromatic carbocycles. The van der Waals surface area contributed by atoms with Crippen LogP contribution in [0.1, 0.15) is 0 Å². The van der Waals surface area contributed by atoms with Crippen LogP contribution in [0.5, 0.6) is 0 Å². The second-order valence-electron chi connectivity index (χ2n) is 12.7. The van der Waals surface area contributed by atoms with E-state index in [1.165, 1.54) is 0 Å². The van der Waals surface area contributed by atoms with Crippen molar-refractivity contribution < 1.29 is 4.42 Å². The van der Waals surface area contributed by atoms with E-state index < -0.39 is 0 Å². The standard InChI is InChI=1S/C46H28N4OS/c1-4-14-29(15-5-1)32-26-33(30-16-6-2-7-17-30)28-34(27-32)44-48-43(31-18-8-3-9-19-31)49-45(50-44)36-21-13-24-39-41(36)35-20-12-22-37(42(35)51-39)46-47-38-23-10-11-25-40(38)52-46/h1-28H. The van der Waals surface area contributed by atoms with Gasteiger partial charge in [0, 0.05) is 27.5 Å². The van der Waals surface area contributed by atoms with Crippen LogP contribution in [-0.2, 0) is 0 Å². The molecule has 3 heterocycles. The predicted molar refractivity (Wildman–Crippen MR) is 213 cm³/mol. The molecule has 0 bridgehead atoms. The van der Waals surface area contributed by atoms with Crippen LogP contribution in [-0.4, -0.2) is 19.9 Å². The summed E-state index contributed by atoms with van der Waals surface area (Å²) in [6, 6.07) is 58.1. The van der Waals surface area contributed by atoms with Gasteiger partial charge in [-0.25, -0.2) is 19.9 Å². The van der Waals surface area contributed by atoms with Gasteiger partial charge < -0.3 is 4.42 Å². The van der Waals surface area contributed by atoms with Crippen LogP contribution in [0.3, 0.4) is 0 Å². The highest BCUT2D eigenvalue weighted by Gasteiger charge is 2.21. The van der Waals surface area contributed by atoms with E-state index in [-0.39, 0.29) is 0 Å². The lowest BCUT2D eigenvalue weighted by atomic mass is 9.96. The maximum atomic E-state index is 6.65. The molecular formula is C46H28N4OS. The molecule has 0 saturated heterocycles. The average Bonchev–Trinajstić information content (AvgIpc) is 3.84. The van der Waals surface area contributed by atoms with Crippen LogP contribution < -0.4 is 0 Å². The molecule has 0 N–H and O–H groups in total. The third-order valence-electron chi connectivity index (χ3n) is 9.36. The lowest BCUT2D eigenvalue weighted by molar-refractivity contribution is 0.670. The first-order valence-electron chi connectivity index (χ1n) is 17.1. The zero-order valence-corrected chi connectivity index (χ0v) is 28.6. The molecule has 3 aromatic heterocycles. The Balaban J connectivity index is 1.20. The average molecular weight is 685 g/mol. The Kier molecular flexibility index (Phi) is 7.25. The summed E-state index contributed by atoms with van der Waals surface area (Å²) in [5, 5.41) is 2.87. The number of hydrogen-bond acceptors (Lipinski definition) is 6. The molecule has 6 heteroatoms. The highest BCUT2D eigenvalue weighted by molar-refractivity contribution is 7.21. The Morgan fingerprint density at radius 1 is 0.404 bits per heavy atom. The van der Waals surface area contributed by atoms with E-state index in [0.29, 0.717) is 17.5 Å². The van der Waals surface area contributed by atoms with Crippen molar-refractivity contribution in [1.82, 2.24) is 19.9 Å². The quantitative estimate of drug-likeness (QED) is 0.174. The van der Waals surface area contributed by atoms with E-state index in [4.69, 9.17) is 24.4 Å². The molecule has 0 fully saturated rings. The summed E-state index contributed by atoms with van der Waals surface area (Å²) in [6.45, 7) is 0. The van der Waals surface area contributed by atoms with Gasteiger partial charge in [0.2, 0.25) is 0 Å². The predicted octanol–water partition coefficient (Wildman–Crippen LogP) is 12.4. The number of hydrogen-bond donors (Lipinski definition) is 0. The van der Waals surface area contributed by atoms with Gasteiger partial charge in [0.15, 0.2) is 17.5 Å². The molecule has 0 aliphatic heterocycles. The number of para-hydroxylation sites is 2. The monoisotopic (exact) mass is 684 g/mol. The third kappa shape index (κ3) is 5.34. The first-order chi connectivity index (χ1) is 25.7. The summed E-state index contributed by atoms with van der Waals surface area (Å²) in [7, 11) is 0. The van der Waals surface area contributed by atoms with Crippen molar-refractivity contribution in [2.45, 2.75) is 0 Å². The van der Waals surface area contributed by atoms with Crippen LogP contribution in [0.25, 0.3) is 99.1 Å². The van der Waals surface area contributed by atoms with Gasteiger partial charge in [0.05, 0.1) is 15.8 Å². The molecule has 10 aromatic rings. The SMILES string of the molecule is c1ccc(-c2cc(-c3ccccc3)cc(-c3nc(-c4ccccc4)nc(-c4cccc5oc6c(-c7nc8ccccc8s7)cccc6c45)n3)c2)cc1. The van der Waals surface area contributed by atoms with Crippen LogP contribution in [0.15, 0.2) is 174 Å². The number of thiazole rings is 1. The first-order valence-corrected chi connectivity index (χ1v) is 18.0. The topological polar surface area (TPSA) is 64.7 Å². The van der Waals surface area contributed by atoms with Crippen LogP contribution in [0.4, 0.5) is 0 Å². The number of fused-ring (bicyclic) bond motifs is 4. The molecular weight excluding hydrogens is 657 g/mol. The molecule has 0 aliphatic rings. The van der Waals surface area contributed by atoms with E-state index in [1.54, 1.807) is 11.3 Å². The number of benzene rings is 7. The van der Waals surface area contributed by atoms with Crippen LogP contribution in [0, 0.1) is 0 Å². The van der Waals surface area contributed by atoms with Crippen molar-refractivity contribution in [2.24, 2.45) is 0 Å². The minimum absolute atomic E-state index is 0.578. The minimum Gasteiger partial charge on any atom is -0.455 e. The highest BCUT2D eigenvalue weighted by atomic mass is 32.1. The zero-order valence-electron chi connectivity index (χ0n) is 27.8. The van der Waals surface area contributed by atoms with E-state index in [9.17, 15) is 0 Å². The first kappa shape index (κ1) is 30.1. The largest absolute Gasteiger partial charge is 0.455 e. The Bertz CT molecular complexity index is 2810. The maximum absolute atomic E-state index is 6.65. The molecule has 10 rings (SSSR count). The van der Waals surface area contributed by atoms with E-state index in [2.05, 4.69) is 97.1 Å². The second-order valence-corrected chi connectivity index (χ2v) is 13.7. The number of nitrogens with zero attached hydrogens (tertiary/aromatic N) is 4. The summed E-state index contributed by atoms with van der Waals surface area (Å²) in [4.78, 5) is 20.5. The second kappa shape index (κ2) is 12.5. The fourth-order valence-corrected chi connectivity index (χ4v) is 7.87. The number of aromatic nitrogens is 4. The number of rotatable bonds is 6. The fourth-order valence-electron chi connectivity index (χ4n) is 6.88. The molecule has 0 saturated carbocycles. The van der Waals surface area contributed by atoms with E-state index in [0.717, 1.165) is 81.7 Å². The molecule has 52 heavy (non-hydrogen) atoms. The molecule has 0 aliphatic carbocycles. The molecule has 5 nitrogen and oxygen atoms in total. The van der Waals surface area contributed by atoms with Crippen molar-refractivity contribution in [3.05, 3.63) is 170 Å². The minimum atomic E-state index is 0.578. The van der Waals surface area contributed by atoms with Crippen molar-refractivity contribution in [3.8, 4) is 67.0 Å². The number of furan rings is 1. The maximum Gasteiger partial charge on any atom is 0.164 e. The summed E-state index contributed by atoms with van der Waals surface area (Å²) < 4.78 is 7.79. The molecule has 0 spiro atoms. The van der Waals surface area contributed by atoms with Crippen LogP contribution in [0.2, 0.25) is 0 Å². The summed E-state index contributed by atoms with van der Waals surface area (Å²) in [6.07, 6.45) is 0. The fraction of sp³-hybridized carbons (Fsp3) is 0. The normalized spacial score (nSPS) is 11.5. The van der Waals surface area contributed by atoms with Crippen molar-refractivity contribution in [3.63, 3.8) is 0 Å². The Morgan fingerprint density at radius 2 is 0.962 bits per heavy atom. The third-order valence-corrected chi connectivity index (χ3v) is 10.4. The molecule has 0 radical (unpaired) electrons. The van der Waals surface area contributed by atoms with Crippen molar-refractivity contribution >= 4 is 43.5 Å². The van der Waals surface area contributed by atoms with Gasteiger partial charge in [-0.15, -0.1) is 11.3 Å². The van der Waals surface area contributed by atoms with Gasteiger partial charge in [-0.2, -0.15) is 0 Å². The van der Waals surface area contributed by atoms with Crippen molar-refractivity contribution in [2.75, 3.05) is 0 Å². The molecule has 0 unspecified atom stereocenters. The van der Waals surface area contributed by atoms with Gasteiger partial charge >= 0.3 is 0 Å². The summed E-state index contributed by atoms with van der Waals surface area (Å²) >= 11 is 1.67. The molecule has 244 valence electrons. The van der Waals surface area contributed by atoms with Gasteiger partial charge in [0.1, 0.15) is 16.2 Å². The lowest BCUT2D eigenvalue weighted by Crippen LogP contribution is -2.01. The lowest BCUT2D eigenvalue weighted by Gasteiger charge is -2.13. The summed E-state index contributed by atoms with van der Waals surface area (Å²) in [5.74, 6) is 1.78. The Hall–Kier alpha value is -6.76. The zero-order chi connectivity index (χ0) is 34.4. The van der Waals surface area contributed by atoms with Crippen molar-refractivity contribution in [1.29, 1.82) is 0 Å². The van der Waals surface area contributed by atoms with Gasteiger partial charge in [-0.05, 0) is 64.7 Å². The van der Waals surface area contributed by atoms with Gasteiger partial charge in [0.25, 0.3) is 0 Å². The Morgan fingerprint density at radius 3 is 1.65 bits per heavy atom. The van der Waals surface area contributed by atoms with Gasteiger partial charge in [-0.3, -0.25) is 0 Å². The van der Waals surface area contributed by atoms with E-state index in [1.807, 2.05) is 72.8 Å². The van der Waals surface area contributed by atoms with Gasteiger partial charge in [-0.1, -0.05) is 127 Å². The van der Waals surface area contributed by atoms with E-state index >= 15 is 0 Å². The van der Waals surface area contributed by atoms with Crippen LogP contribution >= 0.6 is 11.3 Å². The summed E-state index contributed by atoms with van der Waals surface area (Å²) in [5.41, 5.74) is 10.6. The smallest absolute Gasteiger partial charge is 0.164 e.